The molecule has 126 valence electrons. The van der Waals surface area contributed by atoms with E-state index in [2.05, 4.69) is 16.9 Å². The number of aromatic nitrogens is 2. The molecule has 0 amide bonds. The normalized spacial score (nSPS) is 17.4. The number of fused-ring (bicyclic) bond motifs is 1. The van der Waals surface area contributed by atoms with Gasteiger partial charge < -0.3 is 19.9 Å². The number of halogens is 1. The monoisotopic (exact) mass is 332 g/mol. The van der Waals surface area contributed by atoms with Crippen LogP contribution < -0.4 is 15.6 Å². The van der Waals surface area contributed by atoms with Gasteiger partial charge in [-0.1, -0.05) is 6.58 Å². The molecule has 24 heavy (non-hydrogen) atoms. The van der Waals surface area contributed by atoms with Crippen molar-refractivity contribution in [2.75, 3.05) is 25.0 Å². The van der Waals surface area contributed by atoms with Crippen LogP contribution in [0.4, 0.5) is 10.2 Å². The van der Waals surface area contributed by atoms with Crippen molar-refractivity contribution in [2.45, 2.75) is 12.5 Å². The average Bonchev–Trinajstić information content (AvgIpc) is 3.03. The molecule has 0 aromatic carbocycles. The zero-order valence-electron chi connectivity index (χ0n) is 13.1. The second-order valence-corrected chi connectivity index (χ2v) is 5.65. The molecule has 2 aromatic rings. The molecular formula is C16H17FN4O3. The first-order valence-electron chi connectivity index (χ1n) is 7.49. The fourth-order valence-electron chi connectivity index (χ4n) is 2.94. The Bertz CT molecular complexity index is 893. The highest BCUT2D eigenvalue weighted by Crippen LogP contribution is 2.24. The molecule has 1 atom stereocenters. The van der Waals surface area contributed by atoms with Crippen LogP contribution in [0.2, 0.25) is 0 Å². The van der Waals surface area contributed by atoms with E-state index in [0.29, 0.717) is 13.1 Å². The molecule has 8 heteroatoms. The number of hydrogen-bond acceptors (Lipinski definition) is 5. The van der Waals surface area contributed by atoms with E-state index < -0.39 is 22.8 Å². The lowest BCUT2D eigenvalue weighted by atomic mass is 10.2. The number of aromatic carboxylic acids is 1. The fraction of sp³-hybridized carbons (Fsp3) is 0.312. The summed E-state index contributed by atoms with van der Waals surface area (Å²) in [5.41, 5.74) is -1.03. The summed E-state index contributed by atoms with van der Waals surface area (Å²) in [6, 6.07) is 1.30. The third kappa shape index (κ3) is 2.54. The Balaban J connectivity index is 2.21. The molecule has 1 aliphatic rings. The van der Waals surface area contributed by atoms with E-state index >= 15 is 0 Å². The summed E-state index contributed by atoms with van der Waals surface area (Å²) in [5, 5.41) is 12.2. The average molecular weight is 332 g/mol. The lowest BCUT2D eigenvalue weighted by Gasteiger charge is -2.19. The van der Waals surface area contributed by atoms with Crippen LogP contribution >= 0.6 is 0 Å². The second-order valence-electron chi connectivity index (χ2n) is 5.65. The van der Waals surface area contributed by atoms with Crippen LogP contribution in [0.15, 0.2) is 23.6 Å². The lowest BCUT2D eigenvalue weighted by Crippen LogP contribution is -2.30. The fourth-order valence-corrected chi connectivity index (χ4v) is 2.94. The van der Waals surface area contributed by atoms with Crippen LogP contribution in [0.1, 0.15) is 16.8 Å². The summed E-state index contributed by atoms with van der Waals surface area (Å²) in [7, 11) is 1.85. The Morgan fingerprint density at radius 1 is 1.58 bits per heavy atom. The summed E-state index contributed by atoms with van der Waals surface area (Å²) < 4.78 is 15.8. The van der Waals surface area contributed by atoms with Gasteiger partial charge in [-0.05, 0) is 19.5 Å². The van der Waals surface area contributed by atoms with Crippen molar-refractivity contribution in [3.63, 3.8) is 0 Å². The standard InChI is InChI=1S/C16H17FN4O3/c1-3-20-8-11(16(23)24)13(22)10-6-12(17)15(19-14(10)20)21-5-4-9(7-21)18-2/h3,6,8-9,18H,1,4-5,7H2,2H3,(H,23,24). The molecular weight excluding hydrogens is 315 g/mol. The van der Waals surface area contributed by atoms with Crippen LogP contribution in [0, 0.1) is 5.82 Å². The van der Waals surface area contributed by atoms with Gasteiger partial charge in [0, 0.05) is 31.5 Å². The Morgan fingerprint density at radius 3 is 2.92 bits per heavy atom. The highest BCUT2D eigenvalue weighted by Gasteiger charge is 2.26. The van der Waals surface area contributed by atoms with Gasteiger partial charge in [0.1, 0.15) is 5.56 Å². The van der Waals surface area contributed by atoms with Crippen molar-refractivity contribution in [3.8, 4) is 0 Å². The predicted octanol–water partition coefficient (Wildman–Crippen LogP) is 1.13. The van der Waals surface area contributed by atoms with Gasteiger partial charge in [0.05, 0.1) is 5.39 Å². The van der Waals surface area contributed by atoms with Gasteiger partial charge in [0.25, 0.3) is 0 Å². The molecule has 3 rings (SSSR count). The molecule has 0 aliphatic carbocycles. The SMILES string of the molecule is C=Cn1cc(C(=O)O)c(=O)c2cc(F)c(N3CCC(NC)C3)nc21. The first-order valence-corrected chi connectivity index (χ1v) is 7.49. The maximum Gasteiger partial charge on any atom is 0.341 e. The molecule has 2 aromatic heterocycles. The van der Waals surface area contributed by atoms with Crippen LogP contribution in [-0.4, -0.2) is 46.8 Å². The topological polar surface area (TPSA) is 87.5 Å². The number of anilines is 1. The highest BCUT2D eigenvalue weighted by atomic mass is 19.1. The molecule has 1 unspecified atom stereocenters. The van der Waals surface area contributed by atoms with Crippen molar-refractivity contribution >= 4 is 29.0 Å². The molecule has 0 saturated carbocycles. The summed E-state index contributed by atoms with van der Waals surface area (Å²) in [6.07, 6.45) is 3.35. The van der Waals surface area contributed by atoms with Gasteiger partial charge in [-0.15, -0.1) is 0 Å². The summed E-state index contributed by atoms with van der Waals surface area (Å²) in [5.74, 6) is -1.87. The van der Waals surface area contributed by atoms with E-state index in [-0.39, 0.29) is 22.9 Å². The van der Waals surface area contributed by atoms with E-state index in [1.54, 1.807) is 4.90 Å². The number of pyridine rings is 2. The van der Waals surface area contributed by atoms with Gasteiger partial charge in [-0.25, -0.2) is 14.2 Å². The molecule has 7 nitrogen and oxygen atoms in total. The predicted molar refractivity (Wildman–Crippen MR) is 89.0 cm³/mol. The Kier molecular flexibility index (Phi) is 4.06. The van der Waals surface area contributed by atoms with Crippen molar-refractivity contribution in [2.24, 2.45) is 0 Å². The molecule has 0 spiro atoms. The maximum absolute atomic E-state index is 14.5. The minimum Gasteiger partial charge on any atom is -0.477 e. The number of nitrogens with zero attached hydrogens (tertiary/aromatic N) is 3. The molecule has 1 fully saturated rings. The molecule has 1 saturated heterocycles. The number of nitrogens with one attached hydrogen (secondary N) is 1. The van der Waals surface area contributed by atoms with E-state index in [4.69, 9.17) is 5.11 Å². The summed E-state index contributed by atoms with van der Waals surface area (Å²) in [6.45, 7) is 4.85. The highest BCUT2D eigenvalue weighted by molar-refractivity contribution is 5.92. The van der Waals surface area contributed by atoms with Gasteiger partial charge in [-0.2, -0.15) is 0 Å². The third-order valence-electron chi connectivity index (χ3n) is 4.26. The Labute approximate surface area is 137 Å². The number of carbonyl (C=O) groups is 1. The smallest absolute Gasteiger partial charge is 0.341 e. The van der Waals surface area contributed by atoms with Gasteiger partial charge in [-0.3, -0.25) is 4.79 Å². The molecule has 0 bridgehead atoms. The largest absolute Gasteiger partial charge is 0.477 e. The van der Waals surface area contributed by atoms with Crippen molar-refractivity contribution in [1.29, 1.82) is 0 Å². The third-order valence-corrected chi connectivity index (χ3v) is 4.26. The van der Waals surface area contributed by atoms with Crippen LogP contribution in [0.5, 0.6) is 0 Å². The molecule has 2 N–H and O–H groups in total. The van der Waals surface area contributed by atoms with E-state index in [1.165, 1.54) is 10.8 Å². The molecule has 1 aliphatic heterocycles. The number of carboxylic acid groups (broad SMARTS) is 1. The first kappa shape index (κ1) is 16.1. The van der Waals surface area contributed by atoms with Crippen molar-refractivity contribution in [3.05, 3.63) is 40.4 Å². The number of likely N-dealkylation sites (N-methyl/N-ethyl adjacent to an activating group) is 1. The number of carboxylic acids is 1. The van der Waals surface area contributed by atoms with E-state index in [9.17, 15) is 14.0 Å². The van der Waals surface area contributed by atoms with Gasteiger partial charge in [0.2, 0.25) is 5.43 Å². The summed E-state index contributed by atoms with van der Waals surface area (Å²) >= 11 is 0. The van der Waals surface area contributed by atoms with Crippen LogP contribution in [-0.2, 0) is 0 Å². The zero-order valence-corrected chi connectivity index (χ0v) is 13.1. The maximum atomic E-state index is 14.5. The minimum atomic E-state index is -1.38. The number of hydrogen-bond donors (Lipinski definition) is 2. The van der Waals surface area contributed by atoms with Crippen molar-refractivity contribution < 1.29 is 14.3 Å². The molecule has 0 radical (unpaired) electrons. The minimum absolute atomic E-state index is 0.0830. The first-order chi connectivity index (χ1) is 11.5. The zero-order chi connectivity index (χ0) is 17.4. The Morgan fingerprint density at radius 2 is 2.33 bits per heavy atom. The second kappa shape index (κ2) is 6.04. The molecule has 3 heterocycles. The quantitative estimate of drug-likeness (QED) is 0.873. The lowest BCUT2D eigenvalue weighted by molar-refractivity contribution is 0.0695. The van der Waals surface area contributed by atoms with E-state index in [0.717, 1.165) is 18.7 Å². The van der Waals surface area contributed by atoms with Gasteiger partial charge in [0.15, 0.2) is 17.3 Å². The van der Waals surface area contributed by atoms with Crippen molar-refractivity contribution in [1.82, 2.24) is 14.9 Å². The van der Waals surface area contributed by atoms with E-state index in [1.807, 2.05) is 7.05 Å². The summed E-state index contributed by atoms with van der Waals surface area (Å²) in [4.78, 5) is 29.5. The van der Waals surface area contributed by atoms with Crippen LogP contribution in [0.3, 0.4) is 0 Å². The van der Waals surface area contributed by atoms with Crippen LogP contribution in [0.25, 0.3) is 17.2 Å². The number of rotatable bonds is 4. The van der Waals surface area contributed by atoms with Gasteiger partial charge >= 0.3 is 5.97 Å². The Hall–Kier alpha value is -2.74.